The molecule has 0 radical (unpaired) electrons. The van der Waals surface area contributed by atoms with Gasteiger partial charge in [-0.2, -0.15) is 5.10 Å². The predicted molar refractivity (Wildman–Crippen MR) is 132 cm³/mol. The average molecular weight is 500 g/mol. The Balaban J connectivity index is 1.62. The monoisotopic (exact) mass is 499 g/mol. The smallest absolute Gasteiger partial charge is 0.343 e. The number of nitrogens with one attached hydrogen (secondary N) is 2. The summed E-state index contributed by atoms with van der Waals surface area (Å²) < 4.78 is 34.4. The topological polar surface area (TPSA) is 105 Å². The second kappa shape index (κ2) is 10.7. The summed E-state index contributed by atoms with van der Waals surface area (Å²) in [4.78, 5) is 12.5. The first-order valence-electron chi connectivity index (χ1n) is 11.9. The maximum absolute atomic E-state index is 13.3. The van der Waals surface area contributed by atoms with Gasteiger partial charge in [0.2, 0.25) is 0 Å². The van der Waals surface area contributed by atoms with Gasteiger partial charge in [0.05, 0.1) is 24.0 Å². The molecule has 1 aromatic heterocycles. The lowest BCUT2D eigenvalue weighted by Crippen LogP contribution is -2.62. The fraction of sp³-hybridized carbons (Fsp3) is 0.423. The highest BCUT2D eigenvalue weighted by Gasteiger charge is 2.47. The Kier molecular flexibility index (Phi) is 7.65. The van der Waals surface area contributed by atoms with Gasteiger partial charge < -0.3 is 15.3 Å². The molecule has 1 fully saturated rings. The van der Waals surface area contributed by atoms with Gasteiger partial charge in [-0.25, -0.2) is 18.7 Å². The van der Waals surface area contributed by atoms with Gasteiger partial charge in [-0.05, 0) is 48.9 Å². The van der Waals surface area contributed by atoms with Gasteiger partial charge in [0.15, 0.2) is 0 Å². The van der Waals surface area contributed by atoms with Gasteiger partial charge in [-0.1, -0.05) is 53.7 Å². The van der Waals surface area contributed by atoms with Crippen LogP contribution in [0, 0.1) is 0 Å². The average Bonchev–Trinajstić information content (AvgIpc) is 3.37. The lowest BCUT2D eigenvalue weighted by Gasteiger charge is -2.47. The fourth-order valence-corrected chi connectivity index (χ4v) is 5.00. The SMILES string of the molecule is C/C(=N\O)[C@]1(n2cn[nH]c2=O)CC[C@@](CO[C@H](C)c2cc(CF)cc(CF)c2)(c2ccccc2)NC1. The Morgan fingerprint density at radius 2 is 1.89 bits per heavy atom. The van der Waals surface area contributed by atoms with E-state index in [0.717, 1.165) is 5.56 Å². The molecule has 3 aromatic rings. The van der Waals surface area contributed by atoms with Crippen molar-refractivity contribution >= 4 is 5.71 Å². The molecule has 4 rings (SSSR count). The number of piperidine rings is 1. The van der Waals surface area contributed by atoms with Crippen molar-refractivity contribution in [1.29, 1.82) is 0 Å². The lowest BCUT2D eigenvalue weighted by atomic mass is 9.74. The zero-order valence-corrected chi connectivity index (χ0v) is 20.4. The number of aromatic amines is 1. The molecular weight excluding hydrogens is 468 g/mol. The largest absolute Gasteiger partial charge is 0.411 e. The van der Waals surface area contributed by atoms with Crippen LogP contribution in [0.3, 0.4) is 0 Å². The van der Waals surface area contributed by atoms with Crippen LogP contribution in [0.2, 0.25) is 0 Å². The van der Waals surface area contributed by atoms with Crippen molar-refractivity contribution in [1.82, 2.24) is 20.1 Å². The van der Waals surface area contributed by atoms with Gasteiger partial charge in [0.25, 0.3) is 0 Å². The quantitative estimate of drug-likeness (QED) is 0.234. The Bertz CT molecular complexity index is 1230. The molecule has 36 heavy (non-hydrogen) atoms. The minimum atomic E-state index is -0.909. The van der Waals surface area contributed by atoms with Crippen molar-refractivity contribution < 1.29 is 18.7 Å². The van der Waals surface area contributed by atoms with Crippen molar-refractivity contribution in [2.45, 2.75) is 57.2 Å². The number of oxime groups is 1. The second-order valence-corrected chi connectivity index (χ2v) is 9.35. The van der Waals surface area contributed by atoms with Crippen LogP contribution >= 0.6 is 0 Å². The molecule has 10 heteroatoms. The maximum atomic E-state index is 13.3. The van der Waals surface area contributed by atoms with Gasteiger partial charge in [-0.15, -0.1) is 0 Å². The maximum Gasteiger partial charge on any atom is 0.343 e. The normalized spacial score (nSPS) is 23.5. The van der Waals surface area contributed by atoms with Crippen molar-refractivity contribution in [3.05, 3.63) is 87.6 Å². The number of H-pyrrole nitrogens is 1. The first kappa shape index (κ1) is 25.7. The molecule has 192 valence electrons. The summed E-state index contributed by atoms with van der Waals surface area (Å²) in [5.74, 6) is 0. The zero-order chi connectivity index (χ0) is 25.8. The number of alkyl halides is 2. The van der Waals surface area contributed by atoms with E-state index in [1.54, 1.807) is 19.1 Å². The third kappa shape index (κ3) is 4.83. The fourth-order valence-electron chi connectivity index (χ4n) is 5.00. The molecule has 3 atom stereocenters. The Morgan fingerprint density at radius 1 is 1.19 bits per heavy atom. The third-order valence-corrected chi connectivity index (χ3v) is 7.28. The molecule has 2 heterocycles. The molecule has 0 saturated carbocycles. The van der Waals surface area contributed by atoms with Crippen LogP contribution in [0.5, 0.6) is 0 Å². The van der Waals surface area contributed by atoms with E-state index >= 15 is 0 Å². The summed E-state index contributed by atoms with van der Waals surface area (Å²) in [5.41, 5.74) is 1.02. The molecule has 0 aliphatic carbocycles. The number of rotatable bonds is 9. The standard InChI is InChI=1S/C26H31F2N5O3/c1-18(22-11-20(13-27)10-21(12-22)14-28)36-16-25(23-6-4-3-5-7-23)8-9-26(15-29-25,19(2)32-35)33-17-30-31-24(33)34/h3-7,10-12,17-18,29,35H,8-9,13-16H2,1-2H3,(H,31,34)/b32-19+/t18-,25-,26+/m1/s1. The molecule has 1 aliphatic heterocycles. The van der Waals surface area contributed by atoms with Crippen LogP contribution in [0.15, 0.2) is 64.8 Å². The lowest BCUT2D eigenvalue weighted by molar-refractivity contribution is -0.00328. The number of nitrogens with zero attached hydrogens (tertiary/aromatic N) is 3. The molecule has 1 aliphatic rings. The van der Waals surface area contributed by atoms with Crippen LogP contribution in [-0.4, -0.2) is 38.8 Å². The van der Waals surface area contributed by atoms with E-state index in [4.69, 9.17) is 4.74 Å². The minimum Gasteiger partial charge on any atom is -0.411 e. The Labute approximate surface area is 208 Å². The van der Waals surface area contributed by atoms with Crippen molar-refractivity contribution in [2.24, 2.45) is 5.16 Å². The highest BCUT2D eigenvalue weighted by Crippen LogP contribution is 2.39. The van der Waals surface area contributed by atoms with Crippen LogP contribution in [0.1, 0.15) is 55.0 Å². The van der Waals surface area contributed by atoms with Crippen molar-refractivity contribution in [3.63, 3.8) is 0 Å². The number of hydrogen-bond acceptors (Lipinski definition) is 6. The van der Waals surface area contributed by atoms with Crippen molar-refractivity contribution in [3.8, 4) is 0 Å². The summed E-state index contributed by atoms with van der Waals surface area (Å²) in [6.07, 6.45) is 2.03. The second-order valence-electron chi connectivity index (χ2n) is 9.35. The number of aromatic nitrogens is 3. The van der Waals surface area contributed by atoms with E-state index in [9.17, 15) is 18.8 Å². The molecule has 8 nitrogen and oxygen atoms in total. The summed E-state index contributed by atoms with van der Waals surface area (Å²) >= 11 is 0. The highest BCUT2D eigenvalue weighted by molar-refractivity contribution is 5.89. The highest BCUT2D eigenvalue weighted by atomic mass is 19.1. The number of halogens is 2. The molecule has 0 unspecified atom stereocenters. The van der Waals surface area contributed by atoms with Gasteiger partial charge in [0, 0.05) is 6.54 Å². The molecule has 3 N–H and O–H groups in total. The Morgan fingerprint density at radius 3 is 2.42 bits per heavy atom. The minimum absolute atomic E-state index is 0.272. The Hall–Kier alpha value is -3.37. The number of ether oxygens (including phenoxy) is 1. The van der Waals surface area contributed by atoms with Gasteiger partial charge in [0.1, 0.15) is 25.2 Å². The van der Waals surface area contributed by atoms with E-state index in [2.05, 4.69) is 20.7 Å². The summed E-state index contributed by atoms with van der Waals surface area (Å²) in [6.45, 7) is 2.75. The first-order chi connectivity index (χ1) is 17.4. The van der Waals surface area contributed by atoms with Crippen LogP contribution in [0.4, 0.5) is 8.78 Å². The molecule has 0 amide bonds. The number of hydrogen-bond donors (Lipinski definition) is 3. The van der Waals surface area contributed by atoms with E-state index < -0.39 is 36.2 Å². The molecular formula is C26H31F2N5O3. The molecule has 0 bridgehead atoms. The van der Waals surface area contributed by atoms with Gasteiger partial charge in [-0.3, -0.25) is 4.57 Å². The summed E-state index contributed by atoms with van der Waals surface area (Å²) in [7, 11) is 0. The summed E-state index contributed by atoms with van der Waals surface area (Å²) in [6, 6.07) is 14.8. The van der Waals surface area contributed by atoms with Crippen molar-refractivity contribution in [2.75, 3.05) is 13.2 Å². The van der Waals surface area contributed by atoms with Crippen LogP contribution < -0.4 is 11.0 Å². The third-order valence-electron chi connectivity index (χ3n) is 7.28. The molecule has 0 spiro atoms. The van der Waals surface area contributed by atoms with Crippen LogP contribution in [-0.2, 0) is 29.2 Å². The number of benzene rings is 2. The predicted octanol–water partition coefficient (Wildman–Crippen LogP) is 4.11. The van der Waals surface area contributed by atoms with Crippen LogP contribution in [0.25, 0.3) is 0 Å². The molecule has 1 saturated heterocycles. The van der Waals surface area contributed by atoms with E-state index in [0.29, 0.717) is 35.2 Å². The van der Waals surface area contributed by atoms with E-state index in [1.165, 1.54) is 17.0 Å². The van der Waals surface area contributed by atoms with E-state index in [-0.39, 0.29) is 13.2 Å². The van der Waals surface area contributed by atoms with Gasteiger partial charge >= 0.3 is 5.69 Å². The summed E-state index contributed by atoms with van der Waals surface area (Å²) in [5, 5.41) is 22.9. The molecule has 2 aromatic carbocycles. The van der Waals surface area contributed by atoms with E-state index in [1.807, 2.05) is 37.3 Å². The first-order valence-corrected chi connectivity index (χ1v) is 11.9. The zero-order valence-electron chi connectivity index (χ0n) is 20.4.